The Hall–Kier alpha value is -1.55. The van der Waals surface area contributed by atoms with Gasteiger partial charge in [0.15, 0.2) is 0 Å². The summed E-state index contributed by atoms with van der Waals surface area (Å²) in [6.07, 6.45) is -4.75. The van der Waals surface area contributed by atoms with Gasteiger partial charge in [0, 0.05) is 0 Å². The van der Waals surface area contributed by atoms with Crippen LogP contribution in [-0.2, 0) is 0 Å². The Bertz CT molecular complexity index is 121. The molecule has 0 aliphatic rings. The van der Waals surface area contributed by atoms with Crippen molar-refractivity contribution in [2.24, 2.45) is 17.2 Å². The van der Waals surface area contributed by atoms with Crippen molar-refractivity contribution in [3.8, 4) is 0 Å². The van der Waals surface area contributed by atoms with Crippen LogP contribution in [0.5, 0.6) is 0 Å². The predicted octanol–water partition coefficient (Wildman–Crippen LogP) is -5.52. The molecule has 0 spiro atoms. The summed E-state index contributed by atoms with van der Waals surface area (Å²) in [7, 11) is 0. The van der Waals surface area contributed by atoms with E-state index in [1.165, 1.54) is 0 Å². The van der Waals surface area contributed by atoms with Gasteiger partial charge in [0.05, 0.1) is 0 Å². The number of carbonyl (C=O) groups excluding carboxylic acids is 3. The van der Waals surface area contributed by atoms with E-state index in [1.807, 2.05) is 0 Å². The maximum atomic E-state index is 8.67. The summed E-state index contributed by atoms with van der Waals surface area (Å²) in [5.74, 6) is 0. The van der Waals surface area contributed by atoms with Crippen LogP contribution in [0.4, 0.5) is 14.4 Å². The molecule has 0 aromatic carbocycles. The summed E-state index contributed by atoms with van der Waals surface area (Å²) >= 11 is 0. The summed E-state index contributed by atoms with van der Waals surface area (Å²) < 4.78 is 0. The van der Waals surface area contributed by atoms with E-state index < -0.39 is 18.3 Å². The number of hydrogen-bond acceptors (Lipinski definition) is 6. The Kier molecular flexibility index (Phi) is 29.1. The molecule has 0 bridgehead atoms. The van der Waals surface area contributed by atoms with Gasteiger partial charge in [0.1, 0.15) is 18.3 Å². The molecule has 0 heterocycles. The molecule has 0 unspecified atom stereocenters. The van der Waals surface area contributed by atoms with Gasteiger partial charge < -0.3 is 46.9 Å². The average molecular weight is 250 g/mol. The predicted molar refractivity (Wildman–Crippen MR) is 34.5 cm³/mol. The first-order valence-electron chi connectivity index (χ1n) is 2.09. The third kappa shape index (κ3) is 309. The minimum absolute atomic E-state index is 0. The summed E-state index contributed by atoms with van der Waals surface area (Å²) in [4.78, 5) is 26.0. The molecule has 0 atom stereocenters. The van der Waals surface area contributed by atoms with Gasteiger partial charge >= 0.3 is 19.8 Å². The third-order valence-corrected chi connectivity index (χ3v) is 0. The number of amides is 3. The van der Waals surface area contributed by atoms with Crippen molar-refractivity contribution in [2.45, 2.75) is 0 Å². The maximum absolute atomic E-state index is 8.67. The molecule has 0 rings (SSSR count). The molecular weight excluding hydrogens is 244 g/mol. The van der Waals surface area contributed by atoms with Crippen LogP contribution in [0, 0.1) is 0 Å². The van der Waals surface area contributed by atoms with E-state index in [-0.39, 0.29) is 19.8 Å². The number of nitrogens with two attached hydrogens (primary N) is 3. The quantitative estimate of drug-likeness (QED) is 0.357. The first-order valence-corrected chi connectivity index (χ1v) is 2.09. The molecule has 72 valence electrons. The van der Waals surface area contributed by atoms with Crippen molar-refractivity contribution >= 4 is 38.1 Å². The summed E-state index contributed by atoms with van der Waals surface area (Å²) in [5.41, 5.74) is 11.8. The molecule has 0 saturated carbocycles. The normalized spacial score (nSPS) is 5.54. The van der Waals surface area contributed by atoms with Crippen molar-refractivity contribution in [3.05, 3.63) is 0 Å². The summed E-state index contributed by atoms with van der Waals surface area (Å²) in [6, 6.07) is 0. The van der Waals surface area contributed by atoms with E-state index in [2.05, 4.69) is 17.2 Å². The molecule has 0 aliphatic carbocycles. The Balaban J connectivity index is -0.0000000450. The standard InChI is InChI=1S/3CH3NO2.Ga/c3*2-1(3)4;/h3*2H2,(H,3,4);/q;;;+3/p-3. The first-order chi connectivity index (χ1) is 5.20. The minimum Gasteiger partial charge on any atom is -0.530 e. The molecule has 0 aliphatic heterocycles. The van der Waals surface area contributed by atoms with Gasteiger partial charge in [0.25, 0.3) is 0 Å². The fraction of sp³-hybridized carbons (Fsp3) is 0. The van der Waals surface area contributed by atoms with Crippen LogP contribution < -0.4 is 32.5 Å². The van der Waals surface area contributed by atoms with E-state index in [0.717, 1.165) is 0 Å². The van der Waals surface area contributed by atoms with Gasteiger partial charge in [-0.25, -0.2) is 0 Å². The van der Waals surface area contributed by atoms with Gasteiger partial charge in [-0.15, -0.1) is 0 Å². The number of hydrogen-bond donors (Lipinski definition) is 3. The fourth-order valence-electron chi connectivity index (χ4n) is 0. The van der Waals surface area contributed by atoms with Crippen LogP contribution in [-0.4, -0.2) is 38.1 Å². The topological polar surface area (TPSA) is 198 Å². The second kappa shape index (κ2) is 16.8. The minimum atomic E-state index is -1.58. The molecule has 10 heteroatoms. The van der Waals surface area contributed by atoms with Gasteiger partial charge in [-0.1, -0.05) is 0 Å². The fourth-order valence-corrected chi connectivity index (χ4v) is 0. The van der Waals surface area contributed by atoms with Crippen LogP contribution >= 0.6 is 0 Å². The molecular formula is C3H6GaN3O6. The monoisotopic (exact) mass is 249 g/mol. The van der Waals surface area contributed by atoms with Crippen LogP contribution in [0.2, 0.25) is 0 Å². The Labute approximate surface area is 85.5 Å². The average Bonchev–Trinajstić information content (AvgIpc) is 1.54. The van der Waals surface area contributed by atoms with Crippen LogP contribution in [0.15, 0.2) is 0 Å². The molecule has 0 radical (unpaired) electrons. The van der Waals surface area contributed by atoms with Crippen molar-refractivity contribution in [1.29, 1.82) is 0 Å². The zero-order valence-corrected chi connectivity index (χ0v) is 8.68. The smallest absolute Gasteiger partial charge is 0.530 e. The first kappa shape index (κ1) is 22.5. The molecule has 0 fully saturated rings. The van der Waals surface area contributed by atoms with Crippen molar-refractivity contribution in [2.75, 3.05) is 0 Å². The van der Waals surface area contributed by atoms with Gasteiger partial charge in [-0.05, 0) is 0 Å². The molecule has 9 nitrogen and oxygen atoms in total. The van der Waals surface area contributed by atoms with E-state index in [0.29, 0.717) is 0 Å². The molecule has 0 aromatic heterocycles. The van der Waals surface area contributed by atoms with Crippen molar-refractivity contribution < 1.29 is 29.7 Å². The number of carbonyl (C=O) groups is 3. The SMILES string of the molecule is NC(=O)[O-].NC(=O)[O-].NC(=O)[O-].[Ga+3]. The number of carboxylic acid groups (broad SMARTS) is 3. The van der Waals surface area contributed by atoms with E-state index in [1.54, 1.807) is 0 Å². The zero-order chi connectivity index (χ0) is 10.7. The molecule has 6 N–H and O–H groups in total. The summed E-state index contributed by atoms with van der Waals surface area (Å²) in [5, 5.41) is 26.0. The van der Waals surface area contributed by atoms with Gasteiger partial charge in [-0.2, -0.15) is 0 Å². The summed E-state index contributed by atoms with van der Waals surface area (Å²) in [6.45, 7) is 0. The van der Waals surface area contributed by atoms with E-state index >= 15 is 0 Å². The van der Waals surface area contributed by atoms with Crippen LogP contribution in [0.25, 0.3) is 0 Å². The molecule has 3 amide bonds. The van der Waals surface area contributed by atoms with E-state index in [4.69, 9.17) is 29.7 Å². The number of primary amides is 3. The second-order valence-electron chi connectivity index (χ2n) is 0.957. The van der Waals surface area contributed by atoms with Crippen LogP contribution in [0.3, 0.4) is 0 Å². The maximum Gasteiger partial charge on any atom is 3.00 e. The zero-order valence-electron chi connectivity index (χ0n) is 6.26. The van der Waals surface area contributed by atoms with Crippen LogP contribution in [0.1, 0.15) is 0 Å². The van der Waals surface area contributed by atoms with Crippen molar-refractivity contribution in [3.63, 3.8) is 0 Å². The number of rotatable bonds is 0. The van der Waals surface area contributed by atoms with Crippen molar-refractivity contribution in [1.82, 2.24) is 0 Å². The van der Waals surface area contributed by atoms with Gasteiger partial charge in [-0.3, -0.25) is 0 Å². The molecule has 13 heavy (non-hydrogen) atoms. The second-order valence-corrected chi connectivity index (χ2v) is 0.957. The third-order valence-electron chi connectivity index (χ3n) is 0. The molecule has 0 saturated heterocycles. The van der Waals surface area contributed by atoms with Gasteiger partial charge in [0.2, 0.25) is 0 Å². The Morgan fingerprint density at radius 1 is 0.692 bits per heavy atom. The Morgan fingerprint density at radius 2 is 0.692 bits per heavy atom. The molecule has 0 aromatic rings. The van der Waals surface area contributed by atoms with E-state index in [9.17, 15) is 0 Å². The Morgan fingerprint density at radius 3 is 0.692 bits per heavy atom. The largest absolute Gasteiger partial charge is 3.00 e.